The van der Waals surface area contributed by atoms with Crippen LogP contribution in [-0.4, -0.2) is 58.1 Å². The third kappa shape index (κ3) is 6.34. The van der Waals surface area contributed by atoms with Crippen LogP contribution in [0.1, 0.15) is 16.8 Å². The van der Waals surface area contributed by atoms with E-state index in [1.165, 1.54) is 43.5 Å². The number of pyridine rings is 1. The van der Waals surface area contributed by atoms with Gasteiger partial charge in [0.25, 0.3) is 15.6 Å². The summed E-state index contributed by atoms with van der Waals surface area (Å²) >= 11 is 7.67. The highest BCUT2D eigenvalue weighted by molar-refractivity contribution is 7.92. The standard InChI is InChI=1S/C33H28ClF3N8O3S2/c1-20-29(40-19-45(20)50(47,48)28-7-4-14-49-28)24-15-22-17-39-32(41-23-8-9-27(26(34)16-23)43-12-10-38-11-13-43)42-30(22)44(31(24)46)18-21-5-2-3-6-25(21)33(35,36)37/h2-9,14-17,19,38H,10-13,18H2,1H3,(H,39,41,42). The molecule has 0 spiro atoms. The number of nitrogens with zero attached hydrogens (tertiary/aromatic N) is 6. The number of piperazine rings is 1. The molecular formula is C33H28ClF3N8O3S2. The lowest BCUT2D eigenvalue weighted by Crippen LogP contribution is -2.43. The molecule has 2 aromatic carbocycles. The Bertz CT molecular complexity index is 2390. The van der Waals surface area contributed by atoms with Crippen molar-refractivity contribution in [3.8, 4) is 11.3 Å². The summed E-state index contributed by atoms with van der Waals surface area (Å²) in [5.74, 6) is 0.0796. The molecule has 0 atom stereocenters. The zero-order chi connectivity index (χ0) is 35.2. The van der Waals surface area contributed by atoms with Crippen LogP contribution in [0.2, 0.25) is 5.02 Å². The number of thiophene rings is 1. The number of hydrogen-bond donors (Lipinski definition) is 2. The minimum atomic E-state index is -4.68. The predicted molar refractivity (Wildman–Crippen MR) is 187 cm³/mol. The minimum Gasteiger partial charge on any atom is -0.368 e. The Labute approximate surface area is 293 Å². The first-order chi connectivity index (χ1) is 23.9. The number of rotatable bonds is 8. The lowest BCUT2D eigenvalue weighted by Gasteiger charge is -2.30. The second-order valence-electron chi connectivity index (χ2n) is 11.5. The molecule has 4 aromatic heterocycles. The Balaban J connectivity index is 1.33. The van der Waals surface area contributed by atoms with Crippen LogP contribution in [0.25, 0.3) is 22.3 Å². The number of nitrogens with one attached hydrogen (secondary N) is 2. The van der Waals surface area contributed by atoms with Gasteiger partial charge >= 0.3 is 6.18 Å². The molecule has 5 heterocycles. The molecule has 0 aliphatic carbocycles. The zero-order valence-corrected chi connectivity index (χ0v) is 28.7. The number of fused-ring (bicyclic) bond motifs is 1. The summed E-state index contributed by atoms with van der Waals surface area (Å²) in [6.45, 7) is 4.31. The fraction of sp³-hybridized carbons (Fsp3) is 0.212. The molecule has 1 aliphatic heterocycles. The lowest BCUT2D eigenvalue weighted by atomic mass is 10.1. The maximum absolute atomic E-state index is 14.3. The summed E-state index contributed by atoms with van der Waals surface area (Å²) in [4.78, 5) is 29.7. The predicted octanol–water partition coefficient (Wildman–Crippen LogP) is 6.14. The van der Waals surface area contributed by atoms with Gasteiger partial charge in [0.05, 0.1) is 39.8 Å². The summed E-state index contributed by atoms with van der Waals surface area (Å²) < 4.78 is 71.0. The lowest BCUT2D eigenvalue weighted by molar-refractivity contribution is -0.138. The van der Waals surface area contributed by atoms with Crippen LogP contribution in [0.5, 0.6) is 0 Å². The van der Waals surface area contributed by atoms with Gasteiger partial charge in [-0.05, 0) is 54.3 Å². The van der Waals surface area contributed by atoms with E-state index in [0.717, 1.165) is 64.1 Å². The van der Waals surface area contributed by atoms with E-state index in [1.54, 1.807) is 17.5 Å². The molecule has 0 radical (unpaired) electrons. The van der Waals surface area contributed by atoms with Crippen molar-refractivity contribution < 1.29 is 21.6 Å². The summed E-state index contributed by atoms with van der Waals surface area (Å²) in [6.07, 6.45) is -2.14. The normalized spacial score (nSPS) is 14.0. The van der Waals surface area contributed by atoms with Gasteiger partial charge < -0.3 is 15.5 Å². The van der Waals surface area contributed by atoms with Crippen LogP contribution in [0.15, 0.2) is 87.6 Å². The van der Waals surface area contributed by atoms with Crippen molar-refractivity contribution in [1.82, 2.24) is 28.8 Å². The van der Waals surface area contributed by atoms with Crippen molar-refractivity contribution in [3.63, 3.8) is 0 Å². The number of anilines is 3. The molecular weight excluding hydrogens is 713 g/mol. The molecule has 6 aromatic rings. The molecule has 2 N–H and O–H groups in total. The maximum atomic E-state index is 14.3. The Kier molecular flexibility index (Phi) is 8.88. The van der Waals surface area contributed by atoms with E-state index in [2.05, 4.69) is 30.5 Å². The van der Waals surface area contributed by atoms with Crippen LogP contribution in [0.4, 0.5) is 30.5 Å². The highest BCUT2D eigenvalue weighted by Crippen LogP contribution is 2.34. The van der Waals surface area contributed by atoms with Crippen LogP contribution in [0, 0.1) is 6.92 Å². The topological polar surface area (TPSA) is 127 Å². The first-order valence-corrected chi connectivity index (χ1v) is 18.0. The van der Waals surface area contributed by atoms with Gasteiger partial charge in [-0.25, -0.2) is 13.9 Å². The van der Waals surface area contributed by atoms with Crippen molar-refractivity contribution in [2.75, 3.05) is 36.4 Å². The van der Waals surface area contributed by atoms with Gasteiger partial charge in [-0.2, -0.15) is 26.6 Å². The average molecular weight is 741 g/mol. The highest BCUT2D eigenvalue weighted by atomic mass is 35.5. The van der Waals surface area contributed by atoms with E-state index in [4.69, 9.17) is 11.6 Å². The Morgan fingerprint density at radius 2 is 1.82 bits per heavy atom. The second kappa shape index (κ2) is 13.2. The van der Waals surface area contributed by atoms with E-state index in [0.29, 0.717) is 16.1 Å². The number of alkyl halides is 3. The number of halogens is 4. The van der Waals surface area contributed by atoms with Gasteiger partial charge in [0.1, 0.15) is 16.2 Å². The quantitative estimate of drug-likeness (QED) is 0.189. The summed E-state index contributed by atoms with van der Waals surface area (Å²) in [6, 6.07) is 14.9. The van der Waals surface area contributed by atoms with Crippen LogP contribution in [-0.2, 0) is 22.7 Å². The van der Waals surface area contributed by atoms with Crippen molar-refractivity contribution in [1.29, 1.82) is 0 Å². The van der Waals surface area contributed by atoms with Gasteiger partial charge in [-0.3, -0.25) is 9.36 Å². The molecule has 1 fully saturated rings. The molecule has 1 saturated heterocycles. The third-order valence-electron chi connectivity index (χ3n) is 8.37. The largest absolute Gasteiger partial charge is 0.416 e. The Morgan fingerprint density at radius 3 is 2.54 bits per heavy atom. The fourth-order valence-electron chi connectivity index (χ4n) is 5.93. The SMILES string of the molecule is Cc1c(-c2cc3cnc(Nc4ccc(N5CCNCC5)c(Cl)c4)nc3n(Cc3ccccc3C(F)(F)F)c2=O)ncn1S(=O)(=O)c1cccs1. The van der Waals surface area contributed by atoms with Gasteiger partial charge in [0.15, 0.2) is 0 Å². The Morgan fingerprint density at radius 1 is 1.04 bits per heavy atom. The highest BCUT2D eigenvalue weighted by Gasteiger charge is 2.33. The monoisotopic (exact) mass is 740 g/mol. The van der Waals surface area contributed by atoms with Crippen LogP contribution in [0.3, 0.4) is 0 Å². The first kappa shape index (κ1) is 33.7. The zero-order valence-electron chi connectivity index (χ0n) is 26.3. The van der Waals surface area contributed by atoms with Crippen molar-refractivity contribution >= 4 is 61.3 Å². The molecule has 7 rings (SSSR count). The first-order valence-electron chi connectivity index (χ1n) is 15.3. The smallest absolute Gasteiger partial charge is 0.368 e. The van der Waals surface area contributed by atoms with Gasteiger partial charge in [-0.1, -0.05) is 35.9 Å². The van der Waals surface area contributed by atoms with E-state index in [1.807, 2.05) is 12.1 Å². The molecule has 0 saturated carbocycles. The minimum absolute atomic E-state index is 0.0285. The second-order valence-corrected chi connectivity index (χ2v) is 14.9. The van der Waals surface area contributed by atoms with E-state index in [-0.39, 0.29) is 38.3 Å². The molecule has 0 bridgehead atoms. The van der Waals surface area contributed by atoms with Gasteiger partial charge in [0, 0.05) is 43.4 Å². The molecule has 11 nitrogen and oxygen atoms in total. The number of aromatic nitrogens is 5. The molecule has 1 aliphatic rings. The summed E-state index contributed by atoms with van der Waals surface area (Å²) in [5.41, 5.74) is -0.110. The molecule has 0 amide bonds. The van der Waals surface area contributed by atoms with Gasteiger partial charge in [-0.15, -0.1) is 11.3 Å². The van der Waals surface area contributed by atoms with E-state index >= 15 is 0 Å². The number of imidazole rings is 1. The molecule has 0 unspecified atom stereocenters. The maximum Gasteiger partial charge on any atom is 0.416 e. The van der Waals surface area contributed by atoms with Crippen molar-refractivity contribution in [2.45, 2.75) is 23.9 Å². The third-order valence-corrected chi connectivity index (χ3v) is 11.8. The van der Waals surface area contributed by atoms with Gasteiger partial charge in [0.2, 0.25) is 5.95 Å². The number of hydrogen-bond acceptors (Lipinski definition) is 10. The van der Waals surface area contributed by atoms with Crippen LogP contribution < -0.4 is 21.1 Å². The molecule has 258 valence electrons. The molecule has 50 heavy (non-hydrogen) atoms. The fourth-order valence-corrected chi connectivity index (χ4v) is 8.63. The summed E-state index contributed by atoms with van der Waals surface area (Å²) in [7, 11) is -4.01. The average Bonchev–Trinajstić information content (AvgIpc) is 3.78. The van der Waals surface area contributed by atoms with E-state index in [9.17, 15) is 26.4 Å². The van der Waals surface area contributed by atoms with Crippen molar-refractivity contribution in [3.05, 3.63) is 111 Å². The Hall–Kier alpha value is -4.77. The number of benzene rings is 2. The van der Waals surface area contributed by atoms with E-state index < -0.39 is 33.9 Å². The summed E-state index contributed by atoms with van der Waals surface area (Å²) in [5, 5.41) is 8.85. The molecule has 17 heteroatoms. The van der Waals surface area contributed by atoms with Crippen molar-refractivity contribution in [2.24, 2.45) is 0 Å². The van der Waals surface area contributed by atoms with Crippen LogP contribution >= 0.6 is 22.9 Å².